The summed E-state index contributed by atoms with van der Waals surface area (Å²) in [5.74, 6) is -0.596. The molecule has 0 spiro atoms. The van der Waals surface area contributed by atoms with E-state index in [4.69, 9.17) is 0 Å². The number of carbonyl (C=O) groups excluding carboxylic acids is 1. The summed E-state index contributed by atoms with van der Waals surface area (Å²) in [5, 5.41) is 2.91. The second-order valence-corrected chi connectivity index (χ2v) is 10.1. The van der Waals surface area contributed by atoms with Gasteiger partial charge in [0.15, 0.2) is 5.65 Å². The van der Waals surface area contributed by atoms with Gasteiger partial charge in [-0.05, 0) is 35.7 Å². The van der Waals surface area contributed by atoms with Gasteiger partial charge >= 0.3 is 5.69 Å². The summed E-state index contributed by atoms with van der Waals surface area (Å²) in [7, 11) is 2.08. The van der Waals surface area contributed by atoms with Gasteiger partial charge in [-0.1, -0.05) is 13.8 Å². The molecule has 2 heterocycles. The second-order valence-electron chi connectivity index (χ2n) is 7.91. The molecule has 0 radical (unpaired) electrons. The number of amides is 1. The number of nitrogens with one attached hydrogen (secondary N) is 1. The van der Waals surface area contributed by atoms with Crippen LogP contribution in [0.25, 0.3) is 11.0 Å². The molecule has 0 atom stereocenters. The Hall–Kier alpha value is -3.31. The van der Waals surface area contributed by atoms with Crippen LogP contribution in [0.15, 0.2) is 44.9 Å². The standard InChI is InChI=1S/C21H25N5O5S/c1-12(2)15-11-22-18-16(20(28)26(6)21(29)25(18)5)17(15)23-19(27)13-7-9-14(10-8-13)32(30,31)24(3)4/h7-12H,1-6H3,(H,22,23,27). The first-order valence-corrected chi connectivity index (χ1v) is 11.2. The Labute approximate surface area is 185 Å². The molecule has 32 heavy (non-hydrogen) atoms. The third-order valence-corrected chi connectivity index (χ3v) is 7.08. The van der Waals surface area contributed by atoms with Gasteiger partial charge in [-0.2, -0.15) is 0 Å². The molecule has 3 aromatic rings. The number of rotatable bonds is 5. The fourth-order valence-corrected chi connectivity index (χ4v) is 4.19. The highest BCUT2D eigenvalue weighted by molar-refractivity contribution is 7.89. The van der Waals surface area contributed by atoms with Crippen LogP contribution in [0.4, 0.5) is 5.69 Å². The van der Waals surface area contributed by atoms with E-state index in [0.29, 0.717) is 5.56 Å². The minimum atomic E-state index is -3.63. The van der Waals surface area contributed by atoms with E-state index < -0.39 is 27.2 Å². The number of anilines is 1. The molecule has 0 aliphatic heterocycles. The fraction of sp³-hybridized carbons (Fsp3) is 0.333. The number of hydrogen-bond acceptors (Lipinski definition) is 6. The van der Waals surface area contributed by atoms with Gasteiger partial charge in [0.25, 0.3) is 11.5 Å². The van der Waals surface area contributed by atoms with E-state index in [-0.39, 0.29) is 33.1 Å². The molecule has 1 N–H and O–H groups in total. The van der Waals surface area contributed by atoms with Crippen LogP contribution < -0.4 is 16.6 Å². The van der Waals surface area contributed by atoms with E-state index in [1.165, 1.54) is 63.2 Å². The smallest absolute Gasteiger partial charge is 0.321 e. The molecule has 11 heteroatoms. The van der Waals surface area contributed by atoms with Crippen molar-refractivity contribution in [1.82, 2.24) is 18.4 Å². The molecule has 10 nitrogen and oxygen atoms in total. The van der Waals surface area contributed by atoms with Crippen LogP contribution in [0.5, 0.6) is 0 Å². The molecule has 0 saturated carbocycles. The third kappa shape index (κ3) is 3.84. The summed E-state index contributed by atoms with van der Waals surface area (Å²) in [6.07, 6.45) is 1.54. The lowest BCUT2D eigenvalue weighted by atomic mass is 10.0. The largest absolute Gasteiger partial charge is 0.332 e. The highest BCUT2D eigenvalue weighted by Crippen LogP contribution is 2.29. The zero-order valence-corrected chi connectivity index (χ0v) is 19.5. The predicted molar refractivity (Wildman–Crippen MR) is 122 cm³/mol. The van der Waals surface area contributed by atoms with Gasteiger partial charge in [-0.25, -0.2) is 22.5 Å². The summed E-state index contributed by atoms with van der Waals surface area (Å²) in [6, 6.07) is 5.50. The number of aromatic nitrogens is 3. The topological polar surface area (TPSA) is 123 Å². The quantitative estimate of drug-likeness (QED) is 0.613. The Morgan fingerprint density at radius 2 is 1.66 bits per heavy atom. The first-order valence-electron chi connectivity index (χ1n) is 9.80. The minimum Gasteiger partial charge on any atom is -0.321 e. The molecule has 170 valence electrons. The maximum atomic E-state index is 13.0. The van der Waals surface area contributed by atoms with Gasteiger partial charge < -0.3 is 5.32 Å². The summed E-state index contributed by atoms with van der Waals surface area (Å²) in [5.41, 5.74) is 0.182. The van der Waals surface area contributed by atoms with Crippen molar-refractivity contribution in [3.63, 3.8) is 0 Å². The highest BCUT2D eigenvalue weighted by atomic mass is 32.2. The molecule has 3 rings (SSSR count). The fourth-order valence-electron chi connectivity index (χ4n) is 3.29. The van der Waals surface area contributed by atoms with Crippen LogP contribution >= 0.6 is 0 Å². The highest BCUT2D eigenvalue weighted by Gasteiger charge is 2.22. The van der Waals surface area contributed by atoms with Crippen molar-refractivity contribution >= 4 is 32.7 Å². The van der Waals surface area contributed by atoms with Gasteiger partial charge in [0.05, 0.1) is 10.6 Å². The van der Waals surface area contributed by atoms with Crippen LogP contribution in [0.2, 0.25) is 0 Å². The predicted octanol–water partition coefficient (Wildman–Crippen LogP) is 1.26. The first-order chi connectivity index (χ1) is 14.9. The summed E-state index contributed by atoms with van der Waals surface area (Å²) >= 11 is 0. The second kappa shape index (κ2) is 8.32. The number of hydrogen-bond donors (Lipinski definition) is 1. The van der Waals surface area contributed by atoms with Crippen molar-refractivity contribution in [2.24, 2.45) is 14.1 Å². The van der Waals surface area contributed by atoms with Crippen LogP contribution in [0.3, 0.4) is 0 Å². The summed E-state index contributed by atoms with van der Waals surface area (Å²) < 4.78 is 27.8. The summed E-state index contributed by atoms with van der Waals surface area (Å²) in [6.45, 7) is 3.79. The number of fused-ring (bicyclic) bond motifs is 1. The van der Waals surface area contributed by atoms with Gasteiger partial charge in [0.2, 0.25) is 10.0 Å². The Bertz CT molecular complexity index is 1430. The third-order valence-electron chi connectivity index (χ3n) is 5.25. The lowest BCUT2D eigenvalue weighted by Gasteiger charge is -2.17. The monoisotopic (exact) mass is 459 g/mol. The Balaban J connectivity index is 2.14. The Morgan fingerprint density at radius 3 is 2.19 bits per heavy atom. The van der Waals surface area contributed by atoms with E-state index in [2.05, 4.69) is 10.3 Å². The molecule has 0 bridgehead atoms. The van der Waals surface area contributed by atoms with Crippen molar-refractivity contribution in [2.45, 2.75) is 24.7 Å². The molecule has 0 aliphatic carbocycles. The first kappa shape index (κ1) is 23.4. The molecular weight excluding hydrogens is 434 g/mol. The average molecular weight is 460 g/mol. The molecule has 0 saturated heterocycles. The molecule has 1 amide bonds. The van der Waals surface area contributed by atoms with Gasteiger partial charge in [0.1, 0.15) is 5.39 Å². The van der Waals surface area contributed by atoms with Crippen molar-refractivity contribution in [3.05, 3.63) is 62.4 Å². The maximum Gasteiger partial charge on any atom is 0.332 e. The van der Waals surface area contributed by atoms with Crippen LogP contribution in [0, 0.1) is 0 Å². The molecule has 0 aliphatic rings. The molecule has 0 unspecified atom stereocenters. The van der Waals surface area contributed by atoms with E-state index in [1.54, 1.807) is 0 Å². The summed E-state index contributed by atoms with van der Waals surface area (Å²) in [4.78, 5) is 42.6. The molecule has 2 aromatic heterocycles. The Kier molecular flexibility index (Phi) is 6.07. The van der Waals surface area contributed by atoms with Crippen molar-refractivity contribution in [1.29, 1.82) is 0 Å². The Morgan fingerprint density at radius 1 is 1.06 bits per heavy atom. The SMILES string of the molecule is CC(C)c1cnc2c(c1NC(=O)c1ccc(S(=O)(=O)N(C)C)cc1)c(=O)n(C)c(=O)n2C. The zero-order chi connectivity index (χ0) is 24.0. The van der Waals surface area contributed by atoms with Crippen LogP contribution in [0.1, 0.15) is 35.7 Å². The number of benzene rings is 1. The van der Waals surface area contributed by atoms with Crippen molar-refractivity contribution < 1.29 is 13.2 Å². The van der Waals surface area contributed by atoms with Crippen LogP contribution in [-0.2, 0) is 24.1 Å². The number of carbonyl (C=O) groups is 1. The van der Waals surface area contributed by atoms with Gasteiger partial charge in [-0.15, -0.1) is 0 Å². The lowest BCUT2D eigenvalue weighted by Crippen LogP contribution is -2.38. The minimum absolute atomic E-state index is 0.0557. The van der Waals surface area contributed by atoms with Crippen molar-refractivity contribution in [2.75, 3.05) is 19.4 Å². The number of nitrogens with zero attached hydrogens (tertiary/aromatic N) is 4. The number of sulfonamides is 1. The van der Waals surface area contributed by atoms with Gasteiger partial charge in [0, 0.05) is 40.0 Å². The van der Waals surface area contributed by atoms with Gasteiger partial charge in [-0.3, -0.25) is 18.7 Å². The van der Waals surface area contributed by atoms with Crippen molar-refractivity contribution in [3.8, 4) is 0 Å². The number of pyridine rings is 1. The zero-order valence-electron chi connectivity index (χ0n) is 18.7. The molecule has 1 aromatic carbocycles. The average Bonchev–Trinajstić information content (AvgIpc) is 2.75. The van der Waals surface area contributed by atoms with E-state index in [1.807, 2.05) is 13.8 Å². The van der Waals surface area contributed by atoms with E-state index >= 15 is 0 Å². The number of aryl methyl sites for hydroxylation is 1. The van der Waals surface area contributed by atoms with Crippen LogP contribution in [-0.4, -0.2) is 46.8 Å². The lowest BCUT2D eigenvalue weighted by molar-refractivity contribution is 0.102. The maximum absolute atomic E-state index is 13.0. The normalized spacial score (nSPS) is 12.0. The van der Waals surface area contributed by atoms with E-state index in [9.17, 15) is 22.8 Å². The molecule has 0 fully saturated rings. The molecular formula is C21H25N5O5S. The van der Waals surface area contributed by atoms with E-state index in [0.717, 1.165) is 8.87 Å².